The molecule has 0 aliphatic heterocycles. The van der Waals surface area contributed by atoms with Crippen molar-refractivity contribution in [2.45, 2.75) is 50.1 Å². The topological polar surface area (TPSA) is 64.9 Å². The lowest BCUT2D eigenvalue weighted by molar-refractivity contribution is -0.137. The number of benzene rings is 1. The van der Waals surface area contributed by atoms with Gasteiger partial charge < -0.3 is 10.0 Å². The Morgan fingerprint density at radius 2 is 1.96 bits per heavy atom. The summed E-state index contributed by atoms with van der Waals surface area (Å²) in [5, 5.41) is 12.1. The smallest absolute Gasteiger partial charge is 0.346 e. The first-order valence-electron chi connectivity index (χ1n) is 7.95. The summed E-state index contributed by atoms with van der Waals surface area (Å²) in [6, 6.07) is 5.37. The molecule has 0 aromatic heterocycles. The Balaban J connectivity index is 1.81. The Bertz CT molecular complexity index is 735. The molecule has 8 heteroatoms. The van der Waals surface area contributed by atoms with Crippen molar-refractivity contribution < 1.29 is 18.0 Å². The molecule has 2 N–H and O–H groups in total. The average molecular weight is 369 g/mol. The highest BCUT2D eigenvalue weighted by molar-refractivity contribution is 8.01. The minimum Gasteiger partial charge on any atom is -0.346 e. The standard InChI is InChI=1S/C17H18F3N3OS/c1-10(2)25-23-13-4-3-11(17(18,19)20)5-12(13)14(24)22-16-6-15(7-16,8-16)9-21/h3-5,10,23H,6-8H2,1-2H3,(H,22,24). The molecule has 25 heavy (non-hydrogen) atoms. The Kier molecular flexibility index (Phi) is 4.18. The number of nitriles is 1. The quantitative estimate of drug-likeness (QED) is 0.758. The molecule has 0 saturated heterocycles. The van der Waals surface area contributed by atoms with Crippen LogP contribution in [0.25, 0.3) is 0 Å². The van der Waals surface area contributed by atoms with Crippen LogP contribution in [0.2, 0.25) is 0 Å². The highest BCUT2D eigenvalue weighted by Gasteiger charge is 2.69. The van der Waals surface area contributed by atoms with Crippen LogP contribution in [-0.2, 0) is 6.18 Å². The molecule has 134 valence electrons. The SMILES string of the molecule is CC(C)SNc1ccc(C(F)(F)F)cc1C(=O)NC12CC(C#N)(C1)C2. The predicted octanol–water partition coefficient (Wildman–Crippen LogP) is 4.35. The minimum atomic E-state index is -4.51. The van der Waals surface area contributed by atoms with Gasteiger partial charge in [0, 0.05) is 10.8 Å². The number of nitrogens with one attached hydrogen (secondary N) is 2. The Morgan fingerprint density at radius 1 is 1.32 bits per heavy atom. The largest absolute Gasteiger partial charge is 0.416 e. The fourth-order valence-corrected chi connectivity index (χ4v) is 4.07. The second-order valence-electron chi connectivity index (χ2n) is 7.18. The highest BCUT2D eigenvalue weighted by Crippen LogP contribution is 2.66. The van der Waals surface area contributed by atoms with E-state index in [9.17, 15) is 18.0 Å². The van der Waals surface area contributed by atoms with Gasteiger partial charge in [0.2, 0.25) is 0 Å². The number of carbonyl (C=O) groups is 1. The molecule has 0 heterocycles. The lowest BCUT2D eigenvalue weighted by atomic mass is 9.40. The summed E-state index contributed by atoms with van der Waals surface area (Å²) in [5.74, 6) is -0.538. The average Bonchev–Trinajstić information content (AvgIpc) is 2.45. The fraction of sp³-hybridized carbons (Fsp3) is 0.529. The minimum absolute atomic E-state index is 0.0290. The molecule has 3 saturated carbocycles. The number of hydrogen-bond donors (Lipinski definition) is 2. The van der Waals surface area contributed by atoms with Gasteiger partial charge in [-0.2, -0.15) is 18.4 Å². The lowest BCUT2D eigenvalue weighted by Gasteiger charge is -2.66. The zero-order chi connectivity index (χ0) is 18.5. The van der Waals surface area contributed by atoms with Crippen molar-refractivity contribution in [2.24, 2.45) is 5.41 Å². The van der Waals surface area contributed by atoms with E-state index < -0.39 is 23.2 Å². The summed E-state index contributed by atoms with van der Waals surface area (Å²) in [7, 11) is 0. The van der Waals surface area contributed by atoms with E-state index in [1.807, 2.05) is 13.8 Å². The van der Waals surface area contributed by atoms with Crippen LogP contribution >= 0.6 is 11.9 Å². The van der Waals surface area contributed by atoms with Crippen molar-refractivity contribution in [3.8, 4) is 6.07 Å². The van der Waals surface area contributed by atoms with Gasteiger partial charge in [0.15, 0.2) is 0 Å². The van der Waals surface area contributed by atoms with Crippen molar-refractivity contribution >= 4 is 23.5 Å². The number of amides is 1. The number of alkyl halides is 3. The van der Waals surface area contributed by atoms with Gasteiger partial charge in [-0.25, -0.2) is 0 Å². The second-order valence-corrected chi connectivity index (χ2v) is 8.57. The van der Waals surface area contributed by atoms with Crippen molar-refractivity contribution in [3.05, 3.63) is 29.3 Å². The zero-order valence-electron chi connectivity index (χ0n) is 13.8. The molecule has 3 fully saturated rings. The molecular formula is C17H18F3N3OS. The Morgan fingerprint density at radius 3 is 2.48 bits per heavy atom. The van der Waals surface area contributed by atoms with E-state index >= 15 is 0 Å². The van der Waals surface area contributed by atoms with Gasteiger partial charge in [-0.3, -0.25) is 4.79 Å². The molecular weight excluding hydrogens is 351 g/mol. The number of carbonyl (C=O) groups excluding carboxylic acids is 1. The summed E-state index contributed by atoms with van der Waals surface area (Å²) in [6.45, 7) is 3.87. The van der Waals surface area contributed by atoms with Gasteiger partial charge in [-0.15, -0.1) is 0 Å². The van der Waals surface area contributed by atoms with Gasteiger partial charge in [-0.1, -0.05) is 13.8 Å². The number of anilines is 1. The first kappa shape index (κ1) is 17.9. The summed E-state index contributed by atoms with van der Waals surface area (Å²) in [6.07, 6.45) is -2.79. The summed E-state index contributed by atoms with van der Waals surface area (Å²) in [4.78, 5) is 12.6. The predicted molar refractivity (Wildman–Crippen MR) is 89.9 cm³/mol. The van der Waals surface area contributed by atoms with Gasteiger partial charge in [0.05, 0.1) is 28.3 Å². The van der Waals surface area contributed by atoms with E-state index in [0.717, 1.165) is 12.1 Å². The van der Waals surface area contributed by atoms with Crippen LogP contribution in [-0.4, -0.2) is 16.7 Å². The molecule has 1 amide bonds. The molecule has 4 nitrogen and oxygen atoms in total. The molecule has 0 spiro atoms. The Hall–Kier alpha value is -1.88. The van der Waals surface area contributed by atoms with Crippen LogP contribution in [0.3, 0.4) is 0 Å². The van der Waals surface area contributed by atoms with E-state index in [0.29, 0.717) is 24.9 Å². The molecule has 2 bridgehead atoms. The van der Waals surface area contributed by atoms with Crippen molar-refractivity contribution in [1.29, 1.82) is 5.26 Å². The van der Waals surface area contributed by atoms with E-state index in [1.54, 1.807) is 0 Å². The molecule has 4 rings (SSSR count). The van der Waals surface area contributed by atoms with E-state index in [-0.39, 0.29) is 16.2 Å². The van der Waals surface area contributed by atoms with E-state index in [2.05, 4.69) is 16.1 Å². The third kappa shape index (κ3) is 3.30. The van der Waals surface area contributed by atoms with Crippen molar-refractivity contribution in [1.82, 2.24) is 5.32 Å². The van der Waals surface area contributed by atoms with Crippen LogP contribution in [0.1, 0.15) is 49.0 Å². The van der Waals surface area contributed by atoms with Crippen LogP contribution < -0.4 is 10.0 Å². The second kappa shape index (κ2) is 5.84. The molecule has 0 radical (unpaired) electrons. The van der Waals surface area contributed by atoms with Crippen LogP contribution in [0.15, 0.2) is 18.2 Å². The maximum atomic E-state index is 13.0. The molecule has 3 aliphatic rings. The Labute approximate surface area is 148 Å². The normalized spacial score (nSPS) is 27.1. The number of hydrogen-bond acceptors (Lipinski definition) is 4. The summed E-state index contributed by atoms with van der Waals surface area (Å²) in [5.41, 5.74) is -1.30. The van der Waals surface area contributed by atoms with E-state index in [4.69, 9.17) is 5.26 Å². The monoisotopic (exact) mass is 369 g/mol. The number of nitrogens with zero attached hydrogens (tertiary/aromatic N) is 1. The molecule has 0 unspecified atom stereocenters. The molecule has 1 aromatic carbocycles. The maximum absolute atomic E-state index is 13.0. The molecule has 0 atom stereocenters. The van der Waals surface area contributed by atoms with Gasteiger partial charge in [-0.05, 0) is 49.4 Å². The fourth-order valence-electron chi connectivity index (χ4n) is 3.53. The van der Waals surface area contributed by atoms with Crippen LogP contribution in [0.5, 0.6) is 0 Å². The van der Waals surface area contributed by atoms with Crippen LogP contribution in [0, 0.1) is 16.7 Å². The van der Waals surface area contributed by atoms with Crippen molar-refractivity contribution in [3.63, 3.8) is 0 Å². The summed E-state index contributed by atoms with van der Waals surface area (Å²) >= 11 is 1.33. The third-order valence-electron chi connectivity index (χ3n) is 4.64. The van der Waals surface area contributed by atoms with E-state index in [1.165, 1.54) is 18.0 Å². The van der Waals surface area contributed by atoms with Gasteiger partial charge in [0.25, 0.3) is 5.91 Å². The maximum Gasteiger partial charge on any atom is 0.416 e. The number of halogens is 3. The molecule has 1 aromatic rings. The first-order chi connectivity index (χ1) is 11.6. The third-order valence-corrected chi connectivity index (χ3v) is 5.45. The molecule has 3 aliphatic carbocycles. The van der Waals surface area contributed by atoms with Crippen LogP contribution in [0.4, 0.5) is 18.9 Å². The lowest BCUT2D eigenvalue weighted by Crippen LogP contribution is -2.74. The zero-order valence-corrected chi connectivity index (χ0v) is 14.6. The van der Waals surface area contributed by atoms with Gasteiger partial charge in [0.1, 0.15) is 0 Å². The summed E-state index contributed by atoms with van der Waals surface area (Å²) < 4.78 is 42.0. The van der Waals surface area contributed by atoms with Gasteiger partial charge >= 0.3 is 6.18 Å². The van der Waals surface area contributed by atoms with Crippen molar-refractivity contribution in [2.75, 3.05) is 4.72 Å². The first-order valence-corrected chi connectivity index (χ1v) is 8.83. The highest BCUT2D eigenvalue weighted by atomic mass is 32.2. The number of rotatable bonds is 5.